The Kier molecular flexibility index (Phi) is 8.94. The molecule has 0 amide bonds. The summed E-state index contributed by atoms with van der Waals surface area (Å²) in [6.45, 7) is 0. The molecule has 0 unspecified atom stereocenters. The van der Waals surface area contributed by atoms with Gasteiger partial charge >= 0.3 is 0 Å². The summed E-state index contributed by atoms with van der Waals surface area (Å²) in [5, 5.41) is 0. The van der Waals surface area contributed by atoms with Crippen molar-refractivity contribution in [1.82, 2.24) is 15.0 Å². The Balaban J connectivity index is 1.12. The molecular weight excluding hydrogens is 655 g/mol. The minimum absolute atomic E-state index is 0.627. The van der Waals surface area contributed by atoms with Crippen molar-refractivity contribution in [3.8, 4) is 89.8 Å². The van der Waals surface area contributed by atoms with Crippen LogP contribution in [0.25, 0.3) is 89.8 Å². The average molecular weight is 690 g/mol. The molecule has 0 N–H and O–H groups in total. The van der Waals surface area contributed by atoms with Crippen LogP contribution in [-0.4, -0.2) is 15.0 Å². The summed E-state index contributed by atoms with van der Waals surface area (Å²) in [6.07, 6.45) is 0. The standard InChI is InChI=1S/C51H35N3/c1-5-13-36(14-6-1)39-21-27-43(28-22-39)49-52-50(44-29-23-40(24-30-44)37-15-7-2-8-16-37)54-51(53-49)45-31-25-42(26-32-45)48-35-46(38-17-9-3-10-18-38)33-34-47(48)41-19-11-4-12-20-41/h1-35H. The first-order valence-corrected chi connectivity index (χ1v) is 18.2. The first-order chi connectivity index (χ1) is 26.7. The van der Waals surface area contributed by atoms with E-state index in [2.05, 4.69) is 200 Å². The lowest BCUT2D eigenvalue weighted by atomic mass is 9.91. The molecule has 3 heteroatoms. The van der Waals surface area contributed by atoms with E-state index >= 15 is 0 Å². The lowest BCUT2D eigenvalue weighted by Gasteiger charge is -2.14. The van der Waals surface area contributed by atoms with Crippen LogP contribution in [0.2, 0.25) is 0 Å². The van der Waals surface area contributed by atoms with Gasteiger partial charge in [0.1, 0.15) is 0 Å². The van der Waals surface area contributed by atoms with Crippen LogP contribution in [0.15, 0.2) is 212 Å². The largest absolute Gasteiger partial charge is 0.208 e. The second-order valence-electron chi connectivity index (χ2n) is 13.3. The molecule has 254 valence electrons. The van der Waals surface area contributed by atoms with E-state index in [1.54, 1.807) is 0 Å². The van der Waals surface area contributed by atoms with Gasteiger partial charge in [-0.05, 0) is 61.7 Å². The zero-order valence-electron chi connectivity index (χ0n) is 29.5. The molecule has 3 nitrogen and oxygen atoms in total. The van der Waals surface area contributed by atoms with E-state index in [0.29, 0.717) is 17.5 Å². The molecule has 0 atom stereocenters. The van der Waals surface area contributed by atoms with Crippen LogP contribution in [0.4, 0.5) is 0 Å². The summed E-state index contributed by atoms with van der Waals surface area (Å²) >= 11 is 0. The van der Waals surface area contributed by atoms with Gasteiger partial charge in [-0.2, -0.15) is 0 Å². The van der Waals surface area contributed by atoms with Gasteiger partial charge in [0, 0.05) is 16.7 Å². The van der Waals surface area contributed by atoms with Crippen LogP contribution in [0.5, 0.6) is 0 Å². The van der Waals surface area contributed by atoms with Gasteiger partial charge in [0.05, 0.1) is 0 Å². The third kappa shape index (κ3) is 6.87. The lowest BCUT2D eigenvalue weighted by Crippen LogP contribution is -2.00. The maximum absolute atomic E-state index is 5.07. The fourth-order valence-electron chi connectivity index (χ4n) is 6.91. The molecule has 0 saturated heterocycles. The molecule has 0 radical (unpaired) electrons. The zero-order chi connectivity index (χ0) is 36.1. The van der Waals surface area contributed by atoms with E-state index in [0.717, 1.165) is 33.4 Å². The van der Waals surface area contributed by atoms with E-state index in [-0.39, 0.29) is 0 Å². The zero-order valence-corrected chi connectivity index (χ0v) is 29.5. The number of hydrogen-bond donors (Lipinski definition) is 0. The summed E-state index contributed by atoms with van der Waals surface area (Å²) < 4.78 is 0. The van der Waals surface area contributed by atoms with Gasteiger partial charge in [-0.15, -0.1) is 0 Å². The number of aromatic nitrogens is 3. The molecule has 9 aromatic rings. The van der Waals surface area contributed by atoms with Crippen molar-refractivity contribution in [1.29, 1.82) is 0 Å². The third-order valence-corrected chi connectivity index (χ3v) is 9.80. The Bertz CT molecular complexity index is 2540. The Labute approximate surface area is 316 Å². The van der Waals surface area contributed by atoms with Crippen molar-refractivity contribution in [3.05, 3.63) is 212 Å². The Morgan fingerprint density at radius 1 is 0.185 bits per heavy atom. The SMILES string of the molecule is c1ccc(-c2ccc(-c3nc(-c4ccc(-c5ccccc5)cc4)nc(-c4ccc(-c5cc(-c6ccccc6)ccc5-c5ccccc5)cc4)n3)cc2)cc1. The molecule has 0 bridgehead atoms. The van der Waals surface area contributed by atoms with Crippen molar-refractivity contribution in [2.45, 2.75) is 0 Å². The predicted molar refractivity (Wildman–Crippen MR) is 223 cm³/mol. The second-order valence-corrected chi connectivity index (χ2v) is 13.3. The molecule has 0 aliphatic carbocycles. The molecule has 0 spiro atoms. The van der Waals surface area contributed by atoms with Crippen LogP contribution < -0.4 is 0 Å². The first-order valence-electron chi connectivity index (χ1n) is 18.2. The van der Waals surface area contributed by atoms with Crippen molar-refractivity contribution in [2.75, 3.05) is 0 Å². The minimum Gasteiger partial charge on any atom is -0.208 e. The summed E-state index contributed by atoms with van der Waals surface area (Å²) in [5.41, 5.74) is 14.4. The van der Waals surface area contributed by atoms with Gasteiger partial charge in [0.15, 0.2) is 17.5 Å². The molecule has 0 aliphatic rings. The highest BCUT2D eigenvalue weighted by Gasteiger charge is 2.15. The van der Waals surface area contributed by atoms with E-state index in [1.807, 2.05) is 12.1 Å². The highest BCUT2D eigenvalue weighted by Crippen LogP contribution is 2.37. The molecule has 0 saturated carbocycles. The normalized spacial score (nSPS) is 11.0. The second kappa shape index (κ2) is 14.8. The predicted octanol–water partition coefficient (Wildman–Crippen LogP) is 13.2. The molecule has 1 heterocycles. The van der Waals surface area contributed by atoms with Gasteiger partial charge in [-0.25, -0.2) is 15.0 Å². The number of hydrogen-bond acceptors (Lipinski definition) is 3. The maximum Gasteiger partial charge on any atom is 0.164 e. The molecular formula is C51H35N3. The average Bonchev–Trinajstić information content (AvgIpc) is 3.27. The molecule has 1 aromatic heterocycles. The molecule has 0 aliphatic heterocycles. The number of benzene rings is 8. The Morgan fingerprint density at radius 2 is 0.444 bits per heavy atom. The fraction of sp³-hybridized carbons (Fsp3) is 0. The highest BCUT2D eigenvalue weighted by molar-refractivity contribution is 5.87. The van der Waals surface area contributed by atoms with Gasteiger partial charge in [-0.3, -0.25) is 0 Å². The van der Waals surface area contributed by atoms with Crippen molar-refractivity contribution in [3.63, 3.8) is 0 Å². The molecule has 54 heavy (non-hydrogen) atoms. The first kappa shape index (κ1) is 32.7. The third-order valence-electron chi connectivity index (χ3n) is 9.80. The topological polar surface area (TPSA) is 38.7 Å². The van der Waals surface area contributed by atoms with Gasteiger partial charge in [0.2, 0.25) is 0 Å². The van der Waals surface area contributed by atoms with Crippen LogP contribution in [0.1, 0.15) is 0 Å². The molecule has 8 aromatic carbocycles. The van der Waals surface area contributed by atoms with Gasteiger partial charge in [0.25, 0.3) is 0 Å². The quantitative estimate of drug-likeness (QED) is 0.159. The summed E-state index contributed by atoms with van der Waals surface area (Å²) in [6, 6.07) is 74.2. The van der Waals surface area contributed by atoms with Gasteiger partial charge < -0.3 is 0 Å². The maximum atomic E-state index is 5.07. The van der Waals surface area contributed by atoms with Crippen LogP contribution >= 0.6 is 0 Å². The summed E-state index contributed by atoms with van der Waals surface area (Å²) in [4.78, 5) is 15.2. The minimum atomic E-state index is 0.627. The Hall–Kier alpha value is -7.23. The number of nitrogens with zero attached hydrogens (tertiary/aromatic N) is 3. The molecule has 0 fully saturated rings. The van der Waals surface area contributed by atoms with E-state index < -0.39 is 0 Å². The van der Waals surface area contributed by atoms with Crippen LogP contribution in [-0.2, 0) is 0 Å². The van der Waals surface area contributed by atoms with Crippen molar-refractivity contribution < 1.29 is 0 Å². The number of rotatable bonds is 8. The molecule has 9 rings (SSSR count). The summed E-state index contributed by atoms with van der Waals surface area (Å²) in [7, 11) is 0. The van der Waals surface area contributed by atoms with E-state index in [9.17, 15) is 0 Å². The van der Waals surface area contributed by atoms with Crippen molar-refractivity contribution >= 4 is 0 Å². The van der Waals surface area contributed by atoms with E-state index in [1.165, 1.54) is 38.9 Å². The van der Waals surface area contributed by atoms with E-state index in [4.69, 9.17) is 15.0 Å². The fourth-order valence-corrected chi connectivity index (χ4v) is 6.91. The lowest BCUT2D eigenvalue weighted by molar-refractivity contribution is 1.07. The van der Waals surface area contributed by atoms with Gasteiger partial charge in [-0.1, -0.05) is 206 Å². The smallest absolute Gasteiger partial charge is 0.164 e. The summed E-state index contributed by atoms with van der Waals surface area (Å²) in [5.74, 6) is 1.89. The van der Waals surface area contributed by atoms with Crippen LogP contribution in [0, 0.1) is 0 Å². The highest BCUT2D eigenvalue weighted by atomic mass is 15.0. The monoisotopic (exact) mass is 689 g/mol. The van der Waals surface area contributed by atoms with Crippen LogP contribution in [0.3, 0.4) is 0 Å². The van der Waals surface area contributed by atoms with Crippen molar-refractivity contribution in [2.24, 2.45) is 0 Å². The Morgan fingerprint density at radius 3 is 0.833 bits per heavy atom.